The first kappa shape index (κ1) is 20.4. The van der Waals surface area contributed by atoms with Crippen LogP contribution in [0.3, 0.4) is 0 Å². The van der Waals surface area contributed by atoms with Gasteiger partial charge in [0.25, 0.3) is 0 Å². The molecule has 142 valence electrons. The molecule has 0 aliphatic heterocycles. The van der Waals surface area contributed by atoms with Crippen molar-refractivity contribution in [2.45, 2.75) is 12.6 Å². The van der Waals surface area contributed by atoms with Gasteiger partial charge in [-0.25, -0.2) is 9.37 Å². The van der Waals surface area contributed by atoms with Crippen molar-refractivity contribution in [1.82, 2.24) is 14.9 Å². The summed E-state index contributed by atoms with van der Waals surface area (Å²) in [6.07, 6.45) is -3.89. The van der Waals surface area contributed by atoms with Gasteiger partial charge in [0.2, 0.25) is 5.95 Å². The van der Waals surface area contributed by atoms with Crippen LogP contribution in [0.25, 0.3) is 0 Å². The third-order valence-electron chi connectivity index (χ3n) is 3.28. The summed E-state index contributed by atoms with van der Waals surface area (Å²) in [6, 6.07) is 4.60. The number of hydrogen-bond donors (Lipinski definition) is 2. The minimum Gasteiger partial charge on any atom is -0.354 e. The zero-order chi connectivity index (χ0) is 19.3. The molecule has 2 aromatic rings. The van der Waals surface area contributed by atoms with Gasteiger partial charge >= 0.3 is 6.18 Å². The molecule has 5 nitrogen and oxygen atoms in total. The lowest BCUT2D eigenvalue weighted by atomic mass is 10.3. The molecule has 0 amide bonds. The predicted octanol–water partition coefficient (Wildman–Crippen LogP) is 4.50. The minimum atomic E-state index is -4.61. The molecule has 1 aromatic heterocycles. The number of anilines is 3. The quantitative estimate of drug-likeness (QED) is 0.495. The zero-order valence-electron chi connectivity index (χ0n) is 14.2. The Kier molecular flexibility index (Phi) is 6.76. The fraction of sp³-hybridized carbons (Fsp3) is 0.375. The van der Waals surface area contributed by atoms with Gasteiger partial charge in [0.15, 0.2) is 5.69 Å². The van der Waals surface area contributed by atoms with Crippen molar-refractivity contribution in [1.29, 1.82) is 0 Å². The lowest BCUT2D eigenvalue weighted by molar-refractivity contribution is -0.141. The standard InChI is InChI=1S/C16H18BrF4N5/c1-26(2)7-3-6-22-15-24-13(16(19,20)21)9-14(25-15)23-12-5-4-10(18)8-11(12)17/h4-5,8-9H,3,6-7H2,1-2H3,(H2,22,23,24,25). The first-order valence-corrected chi connectivity index (χ1v) is 8.51. The number of nitrogens with one attached hydrogen (secondary N) is 2. The van der Waals surface area contributed by atoms with Crippen LogP contribution in [0, 0.1) is 5.82 Å². The summed E-state index contributed by atoms with van der Waals surface area (Å²) >= 11 is 3.16. The van der Waals surface area contributed by atoms with Crippen LogP contribution in [0.15, 0.2) is 28.7 Å². The maximum Gasteiger partial charge on any atom is 0.433 e. The van der Waals surface area contributed by atoms with Gasteiger partial charge in [-0.1, -0.05) is 0 Å². The van der Waals surface area contributed by atoms with Crippen LogP contribution in [0.4, 0.5) is 35.0 Å². The number of nitrogens with zero attached hydrogens (tertiary/aromatic N) is 3. The van der Waals surface area contributed by atoms with Gasteiger partial charge < -0.3 is 15.5 Å². The van der Waals surface area contributed by atoms with Crippen LogP contribution in [0.1, 0.15) is 12.1 Å². The van der Waals surface area contributed by atoms with Crippen LogP contribution in [0.5, 0.6) is 0 Å². The first-order chi connectivity index (χ1) is 12.1. The van der Waals surface area contributed by atoms with Gasteiger partial charge in [-0.05, 0) is 61.2 Å². The topological polar surface area (TPSA) is 53.1 Å². The summed E-state index contributed by atoms with van der Waals surface area (Å²) in [5.74, 6) is -0.640. The second-order valence-corrected chi connectivity index (χ2v) is 6.65. The van der Waals surface area contributed by atoms with Crippen LogP contribution < -0.4 is 10.6 Å². The van der Waals surface area contributed by atoms with E-state index in [4.69, 9.17) is 0 Å². The highest BCUT2D eigenvalue weighted by molar-refractivity contribution is 9.10. The molecule has 0 spiro atoms. The molecule has 1 heterocycles. The van der Waals surface area contributed by atoms with E-state index >= 15 is 0 Å². The van der Waals surface area contributed by atoms with E-state index in [-0.39, 0.29) is 11.8 Å². The van der Waals surface area contributed by atoms with Crippen molar-refractivity contribution in [2.75, 3.05) is 37.8 Å². The highest BCUT2D eigenvalue weighted by atomic mass is 79.9. The third kappa shape index (κ3) is 6.10. The Balaban J connectivity index is 2.22. The molecule has 2 rings (SSSR count). The van der Waals surface area contributed by atoms with E-state index in [2.05, 4.69) is 36.5 Å². The summed E-state index contributed by atoms with van der Waals surface area (Å²) in [6.45, 7) is 1.21. The Bertz CT molecular complexity index is 752. The Hall–Kier alpha value is -1.94. The Morgan fingerprint density at radius 3 is 2.50 bits per heavy atom. The van der Waals surface area contributed by atoms with Crippen LogP contribution in [-0.4, -0.2) is 42.1 Å². The van der Waals surface area contributed by atoms with E-state index in [1.807, 2.05) is 19.0 Å². The van der Waals surface area contributed by atoms with Gasteiger partial charge in [-0.2, -0.15) is 18.2 Å². The van der Waals surface area contributed by atoms with Crippen LogP contribution >= 0.6 is 15.9 Å². The molecule has 2 N–H and O–H groups in total. The molecule has 0 radical (unpaired) electrons. The van der Waals surface area contributed by atoms with Crippen molar-refractivity contribution in [2.24, 2.45) is 0 Å². The smallest absolute Gasteiger partial charge is 0.354 e. The lowest BCUT2D eigenvalue weighted by Crippen LogP contribution is -2.18. The van der Waals surface area contributed by atoms with Gasteiger partial charge in [-0.3, -0.25) is 0 Å². The SMILES string of the molecule is CN(C)CCCNc1nc(Nc2ccc(F)cc2Br)cc(C(F)(F)F)n1. The van der Waals surface area contributed by atoms with E-state index in [1.165, 1.54) is 18.2 Å². The average Bonchev–Trinajstić information content (AvgIpc) is 2.53. The highest BCUT2D eigenvalue weighted by Gasteiger charge is 2.33. The van der Waals surface area contributed by atoms with Crippen molar-refractivity contribution < 1.29 is 17.6 Å². The number of benzene rings is 1. The average molecular weight is 436 g/mol. The van der Waals surface area contributed by atoms with E-state index < -0.39 is 17.7 Å². The predicted molar refractivity (Wildman–Crippen MR) is 96.1 cm³/mol. The molecule has 0 fully saturated rings. The summed E-state index contributed by atoms with van der Waals surface area (Å²) in [7, 11) is 3.81. The maximum atomic E-state index is 13.2. The molecule has 0 saturated heterocycles. The fourth-order valence-electron chi connectivity index (χ4n) is 2.06. The highest BCUT2D eigenvalue weighted by Crippen LogP contribution is 2.32. The largest absolute Gasteiger partial charge is 0.433 e. The van der Waals surface area contributed by atoms with E-state index in [9.17, 15) is 17.6 Å². The van der Waals surface area contributed by atoms with Gasteiger partial charge in [0.1, 0.15) is 11.6 Å². The summed E-state index contributed by atoms with van der Waals surface area (Å²) in [5, 5.41) is 5.55. The van der Waals surface area contributed by atoms with Crippen LogP contribution in [0.2, 0.25) is 0 Å². The molecule has 10 heteroatoms. The molecular weight excluding hydrogens is 418 g/mol. The lowest BCUT2D eigenvalue weighted by Gasteiger charge is -2.14. The summed E-state index contributed by atoms with van der Waals surface area (Å²) in [4.78, 5) is 9.55. The van der Waals surface area contributed by atoms with E-state index in [0.717, 1.165) is 19.0 Å². The second-order valence-electron chi connectivity index (χ2n) is 5.79. The Morgan fingerprint density at radius 2 is 1.88 bits per heavy atom. The number of hydrogen-bond acceptors (Lipinski definition) is 5. The van der Waals surface area contributed by atoms with Gasteiger partial charge in [0.05, 0.1) is 5.69 Å². The maximum absolute atomic E-state index is 13.2. The van der Waals surface area contributed by atoms with Crippen molar-refractivity contribution in [3.8, 4) is 0 Å². The molecule has 26 heavy (non-hydrogen) atoms. The number of aromatic nitrogens is 2. The molecular formula is C16H18BrF4N5. The summed E-state index contributed by atoms with van der Waals surface area (Å²) in [5.41, 5.74) is -0.680. The molecule has 0 unspecified atom stereocenters. The molecule has 0 saturated carbocycles. The fourth-order valence-corrected chi connectivity index (χ4v) is 2.51. The third-order valence-corrected chi connectivity index (χ3v) is 3.93. The monoisotopic (exact) mass is 435 g/mol. The Morgan fingerprint density at radius 1 is 1.15 bits per heavy atom. The first-order valence-electron chi connectivity index (χ1n) is 7.72. The van der Waals surface area contributed by atoms with Gasteiger partial charge in [-0.15, -0.1) is 0 Å². The van der Waals surface area contributed by atoms with Crippen molar-refractivity contribution >= 4 is 33.4 Å². The minimum absolute atomic E-state index is 0.0465. The second kappa shape index (κ2) is 8.63. The van der Waals surface area contributed by atoms with Crippen molar-refractivity contribution in [3.63, 3.8) is 0 Å². The zero-order valence-corrected chi connectivity index (χ0v) is 15.7. The van der Waals surface area contributed by atoms with E-state index in [0.29, 0.717) is 16.7 Å². The summed E-state index contributed by atoms with van der Waals surface area (Å²) < 4.78 is 52.8. The number of halogens is 5. The molecule has 0 atom stereocenters. The Labute approximate surface area is 157 Å². The molecule has 0 aliphatic rings. The van der Waals surface area contributed by atoms with E-state index in [1.54, 1.807) is 0 Å². The number of rotatable bonds is 7. The van der Waals surface area contributed by atoms with Crippen molar-refractivity contribution in [3.05, 3.63) is 40.2 Å². The molecule has 0 bridgehead atoms. The normalized spacial score (nSPS) is 11.7. The molecule has 1 aromatic carbocycles. The molecule has 0 aliphatic carbocycles. The van der Waals surface area contributed by atoms with Gasteiger partial charge in [0, 0.05) is 17.1 Å². The van der Waals surface area contributed by atoms with Crippen LogP contribution in [-0.2, 0) is 6.18 Å². The number of alkyl halides is 3.